The smallest absolute Gasteiger partial charge is 0.149 e. The highest BCUT2D eigenvalue weighted by molar-refractivity contribution is 5.60. The maximum absolute atomic E-state index is 13.4. The van der Waals surface area contributed by atoms with Crippen molar-refractivity contribution in [3.05, 3.63) is 119 Å². The van der Waals surface area contributed by atoms with Gasteiger partial charge in [0.05, 0.1) is 17.6 Å². The SMILES string of the molecule is OC(CC1C=Cc2ccccc2C1)Nc1ncc(-c2ccc(F)cc2)nc1CCc1ccccc1. The first-order valence-corrected chi connectivity index (χ1v) is 12.0. The lowest BCUT2D eigenvalue weighted by molar-refractivity contribution is 0.177. The quantitative estimate of drug-likeness (QED) is 0.310. The summed E-state index contributed by atoms with van der Waals surface area (Å²) in [5.41, 5.74) is 6.02. The lowest BCUT2D eigenvalue weighted by Crippen LogP contribution is -2.25. The van der Waals surface area contributed by atoms with Crippen LogP contribution in [0.3, 0.4) is 0 Å². The van der Waals surface area contributed by atoms with Crippen LogP contribution in [0.4, 0.5) is 10.2 Å². The van der Waals surface area contributed by atoms with Crippen LogP contribution in [-0.2, 0) is 19.3 Å². The summed E-state index contributed by atoms with van der Waals surface area (Å²) >= 11 is 0. The van der Waals surface area contributed by atoms with Crippen molar-refractivity contribution >= 4 is 11.9 Å². The molecule has 176 valence electrons. The summed E-state index contributed by atoms with van der Waals surface area (Å²) in [7, 11) is 0. The molecule has 1 aromatic heterocycles. The molecule has 0 saturated heterocycles. The monoisotopic (exact) mass is 465 g/mol. The number of aliphatic hydroxyl groups is 1. The molecule has 3 aromatic carbocycles. The Labute approximate surface area is 205 Å². The number of halogens is 1. The molecule has 2 N–H and O–H groups in total. The normalized spacial score (nSPS) is 15.4. The van der Waals surface area contributed by atoms with Gasteiger partial charge < -0.3 is 10.4 Å². The molecule has 0 radical (unpaired) electrons. The third kappa shape index (κ3) is 5.81. The molecule has 4 aromatic rings. The van der Waals surface area contributed by atoms with Gasteiger partial charge in [0.25, 0.3) is 0 Å². The summed E-state index contributed by atoms with van der Waals surface area (Å²) in [5.74, 6) is 0.540. The van der Waals surface area contributed by atoms with Crippen LogP contribution in [0, 0.1) is 11.7 Å². The first kappa shape index (κ1) is 22.9. The average molecular weight is 466 g/mol. The van der Waals surface area contributed by atoms with Crippen molar-refractivity contribution in [2.75, 3.05) is 5.32 Å². The molecule has 2 unspecified atom stereocenters. The molecule has 1 aliphatic carbocycles. The van der Waals surface area contributed by atoms with Crippen LogP contribution in [0.2, 0.25) is 0 Å². The molecule has 5 rings (SSSR count). The predicted octanol–water partition coefficient (Wildman–Crippen LogP) is 6.07. The molecule has 35 heavy (non-hydrogen) atoms. The minimum atomic E-state index is -0.753. The summed E-state index contributed by atoms with van der Waals surface area (Å²) in [6, 6.07) is 24.8. The van der Waals surface area contributed by atoms with Crippen molar-refractivity contribution in [2.24, 2.45) is 5.92 Å². The third-order valence-corrected chi connectivity index (χ3v) is 6.39. The Balaban J connectivity index is 1.33. The lowest BCUT2D eigenvalue weighted by Gasteiger charge is -2.23. The molecule has 0 bridgehead atoms. The molecule has 0 amide bonds. The van der Waals surface area contributed by atoms with E-state index in [0.717, 1.165) is 24.1 Å². The number of anilines is 1. The van der Waals surface area contributed by atoms with Crippen LogP contribution in [0.5, 0.6) is 0 Å². The molecular weight excluding hydrogens is 437 g/mol. The van der Waals surface area contributed by atoms with Crippen molar-refractivity contribution in [1.82, 2.24) is 9.97 Å². The van der Waals surface area contributed by atoms with E-state index in [4.69, 9.17) is 4.98 Å². The van der Waals surface area contributed by atoms with E-state index in [9.17, 15) is 9.50 Å². The number of nitrogens with zero attached hydrogens (tertiary/aromatic N) is 2. The molecular formula is C30H28FN3O. The highest BCUT2D eigenvalue weighted by Gasteiger charge is 2.19. The number of hydrogen-bond acceptors (Lipinski definition) is 4. The molecule has 2 atom stereocenters. The number of fused-ring (bicyclic) bond motifs is 1. The second kappa shape index (κ2) is 10.6. The van der Waals surface area contributed by atoms with E-state index in [0.29, 0.717) is 24.4 Å². The molecule has 0 spiro atoms. The molecule has 0 aliphatic heterocycles. The Morgan fingerprint density at radius 1 is 0.943 bits per heavy atom. The van der Waals surface area contributed by atoms with Crippen molar-refractivity contribution in [2.45, 2.75) is 31.9 Å². The van der Waals surface area contributed by atoms with Crippen molar-refractivity contribution in [3.63, 3.8) is 0 Å². The fourth-order valence-electron chi connectivity index (χ4n) is 4.53. The van der Waals surface area contributed by atoms with Gasteiger partial charge in [-0.05, 0) is 72.6 Å². The van der Waals surface area contributed by atoms with E-state index in [1.54, 1.807) is 18.3 Å². The summed E-state index contributed by atoms with van der Waals surface area (Å²) < 4.78 is 13.4. The minimum Gasteiger partial charge on any atom is -0.374 e. The van der Waals surface area contributed by atoms with E-state index in [1.807, 2.05) is 24.3 Å². The van der Waals surface area contributed by atoms with Crippen LogP contribution >= 0.6 is 0 Å². The topological polar surface area (TPSA) is 58.0 Å². The maximum Gasteiger partial charge on any atom is 0.149 e. The fraction of sp³-hybridized carbons (Fsp3) is 0.200. The van der Waals surface area contributed by atoms with E-state index in [2.05, 4.69) is 52.8 Å². The van der Waals surface area contributed by atoms with Gasteiger partial charge in [-0.15, -0.1) is 0 Å². The fourth-order valence-corrected chi connectivity index (χ4v) is 4.53. The minimum absolute atomic E-state index is 0.242. The number of benzene rings is 3. The number of hydrogen-bond donors (Lipinski definition) is 2. The van der Waals surface area contributed by atoms with Gasteiger partial charge >= 0.3 is 0 Å². The Morgan fingerprint density at radius 2 is 1.71 bits per heavy atom. The summed E-state index contributed by atoms with van der Waals surface area (Å²) in [6.45, 7) is 0. The van der Waals surface area contributed by atoms with Gasteiger partial charge in [0.2, 0.25) is 0 Å². The lowest BCUT2D eigenvalue weighted by atomic mass is 9.87. The van der Waals surface area contributed by atoms with E-state index >= 15 is 0 Å². The van der Waals surface area contributed by atoms with Crippen LogP contribution in [0.1, 0.15) is 28.8 Å². The van der Waals surface area contributed by atoms with Crippen LogP contribution in [0.15, 0.2) is 91.1 Å². The number of aryl methyl sites for hydroxylation is 2. The zero-order chi connectivity index (χ0) is 24.0. The highest BCUT2D eigenvalue weighted by Crippen LogP contribution is 2.27. The number of aromatic nitrogens is 2. The highest BCUT2D eigenvalue weighted by atomic mass is 19.1. The summed E-state index contributed by atoms with van der Waals surface area (Å²) in [4.78, 5) is 9.46. The van der Waals surface area contributed by atoms with E-state index < -0.39 is 6.23 Å². The van der Waals surface area contributed by atoms with Gasteiger partial charge in [-0.1, -0.05) is 66.7 Å². The maximum atomic E-state index is 13.4. The van der Waals surface area contributed by atoms with Gasteiger partial charge in [-0.3, -0.25) is 0 Å². The van der Waals surface area contributed by atoms with Gasteiger partial charge in [-0.2, -0.15) is 0 Å². The van der Waals surface area contributed by atoms with Gasteiger partial charge in [-0.25, -0.2) is 14.4 Å². The molecule has 0 fully saturated rings. The Bertz CT molecular complexity index is 1310. The first-order chi connectivity index (χ1) is 17.1. The Hall–Kier alpha value is -3.83. The zero-order valence-electron chi connectivity index (χ0n) is 19.4. The second-order valence-electron chi connectivity index (χ2n) is 8.96. The zero-order valence-corrected chi connectivity index (χ0v) is 19.4. The van der Waals surface area contributed by atoms with Gasteiger partial charge in [0, 0.05) is 5.56 Å². The first-order valence-electron chi connectivity index (χ1n) is 12.0. The predicted molar refractivity (Wildman–Crippen MR) is 138 cm³/mol. The number of rotatable bonds is 8. The molecule has 5 heteroatoms. The number of nitrogens with one attached hydrogen (secondary N) is 1. The molecule has 1 heterocycles. The van der Waals surface area contributed by atoms with Crippen molar-refractivity contribution < 1.29 is 9.50 Å². The number of allylic oxidation sites excluding steroid dienone is 1. The second-order valence-corrected chi connectivity index (χ2v) is 8.96. The third-order valence-electron chi connectivity index (χ3n) is 6.39. The largest absolute Gasteiger partial charge is 0.374 e. The average Bonchev–Trinajstić information content (AvgIpc) is 2.89. The molecule has 0 saturated carbocycles. The van der Waals surface area contributed by atoms with Crippen LogP contribution in [-0.4, -0.2) is 21.3 Å². The molecule has 1 aliphatic rings. The Kier molecular flexibility index (Phi) is 6.96. The van der Waals surface area contributed by atoms with E-state index in [-0.39, 0.29) is 11.7 Å². The number of aliphatic hydroxyl groups excluding tert-OH is 1. The van der Waals surface area contributed by atoms with Gasteiger partial charge in [0.15, 0.2) is 0 Å². The van der Waals surface area contributed by atoms with Crippen LogP contribution in [0.25, 0.3) is 17.3 Å². The summed E-state index contributed by atoms with van der Waals surface area (Å²) in [5, 5.41) is 14.1. The van der Waals surface area contributed by atoms with Crippen LogP contribution < -0.4 is 5.32 Å². The summed E-state index contributed by atoms with van der Waals surface area (Å²) in [6.07, 6.45) is 8.17. The van der Waals surface area contributed by atoms with E-state index in [1.165, 1.54) is 28.8 Å². The standard InChI is InChI=1S/C30H28FN3O/c31-26-15-13-24(14-16-26)28-20-32-30(27(33-28)17-11-21-6-2-1-3-7-21)34-29(35)19-22-10-12-23-8-4-5-9-25(23)18-22/h1-10,12-16,20,22,29,35H,11,17-19H2,(H,32,34). The van der Waals surface area contributed by atoms with Crippen molar-refractivity contribution in [1.29, 1.82) is 0 Å². The van der Waals surface area contributed by atoms with Crippen molar-refractivity contribution in [3.8, 4) is 11.3 Å². The molecule has 4 nitrogen and oxygen atoms in total. The van der Waals surface area contributed by atoms with Gasteiger partial charge in [0.1, 0.15) is 17.9 Å². The Morgan fingerprint density at radius 3 is 2.54 bits per heavy atom.